The molecule has 5 nitrogen and oxygen atoms in total. The van der Waals surface area contributed by atoms with Crippen LogP contribution in [0.15, 0.2) is 53.4 Å². The predicted molar refractivity (Wildman–Crippen MR) is 99.9 cm³/mol. The molecule has 3 rings (SSSR count). The summed E-state index contributed by atoms with van der Waals surface area (Å²) in [6.07, 6.45) is 4.96. The van der Waals surface area contributed by atoms with Gasteiger partial charge in [-0.3, -0.25) is 15.1 Å². The summed E-state index contributed by atoms with van der Waals surface area (Å²) < 4.78 is 5.30. The first-order chi connectivity index (χ1) is 12.5. The second-order valence-electron chi connectivity index (χ2n) is 6.21. The minimum atomic E-state index is -0.286. The van der Waals surface area contributed by atoms with Gasteiger partial charge >= 0.3 is 6.01 Å². The lowest BCUT2D eigenvalue weighted by molar-refractivity contribution is 0.102. The Labute approximate surface area is 152 Å². The number of hydrogen-bond acceptors (Lipinski definition) is 4. The van der Waals surface area contributed by atoms with Gasteiger partial charge in [0.15, 0.2) is 0 Å². The second-order valence-corrected chi connectivity index (χ2v) is 6.21. The van der Waals surface area contributed by atoms with E-state index in [9.17, 15) is 4.79 Å². The standard InChI is InChI=1S/C21H19N3O2/c1-14(2)19-13-26-21(23-19)24-20(25)18-8-6-15(3)17(11-18)9-7-16-5-4-10-22-12-16/h4-6,8,10-14H,1-3H3,(H,23,24,25). The van der Waals surface area contributed by atoms with Crippen LogP contribution in [-0.4, -0.2) is 15.9 Å². The highest BCUT2D eigenvalue weighted by Gasteiger charge is 2.12. The maximum Gasteiger partial charge on any atom is 0.301 e. The maximum atomic E-state index is 12.5. The van der Waals surface area contributed by atoms with Crippen molar-refractivity contribution in [2.24, 2.45) is 0 Å². The minimum absolute atomic E-state index is 0.197. The highest BCUT2D eigenvalue weighted by molar-refractivity contribution is 6.03. The molecule has 0 unspecified atom stereocenters. The number of anilines is 1. The van der Waals surface area contributed by atoms with Gasteiger partial charge in [-0.1, -0.05) is 31.8 Å². The number of nitrogens with one attached hydrogen (secondary N) is 1. The van der Waals surface area contributed by atoms with Gasteiger partial charge in [-0.25, -0.2) is 0 Å². The van der Waals surface area contributed by atoms with Gasteiger partial charge in [-0.15, -0.1) is 0 Å². The SMILES string of the molecule is Cc1ccc(C(=O)Nc2nc(C(C)C)co2)cc1C#Cc1cccnc1. The Bertz CT molecular complexity index is 979. The summed E-state index contributed by atoms with van der Waals surface area (Å²) in [5.74, 6) is 6.11. The molecule has 0 atom stereocenters. The molecular formula is C21H19N3O2. The number of pyridine rings is 1. The fourth-order valence-corrected chi connectivity index (χ4v) is 2.25. The molecular weight excluding hydrogens is 326 g/mol. The Morgan fingerprint density at radius 1 is 1.23 bits per heavy atom. The van der Waals surface area contributed by atoms with E-state index in [1.54, 1.807) is 30.8 Å². The maximum absolute atomic E-state index is 12.5. The molecule has 0 radical (unpaired) electrons. The molecule has 1 aromatic carbocycles. The number of aryl methyl sites for hydroxylation is 1. The summed E-state index contributed by atoms with van der Waals surface area (Å²) in [6, 6.07) is 9.31. The summed E-state index contributed by atoms with van der Waals surface area (Å²) in [5.41, 5.74) is 3.90. The average molecular weight is 345 g/mol. The second kappa shape index (κ2) is 7.66. The molecule has 0 aliphatic rings. The van der Waals surface area contributed by atoms with Gasteiger partial charge in [0.25, 0.3) is 5.91 Å². The number of carbonyl (C=O) groups excluding carboxylic acids is 1. The molecule has 0 aliphatic carbocycles. The van der Waals surface area contributed by atoms with E-state index in [2.05, 4.69) is 27.1 Å². The van der Waals surface area contributed by atoms with E-state index in [1.807, 2.05) is 39.0 Å². The number of aromatic nitrogens is 2. The van der Waals surface area contributed by atoms with Crippen molar-refractivity contribution in [3.05, 3.63) is 76.9 Å². The summed E-state index contributed by atoms with van der Waals surface area (Å²) in [6.45, 7) is 5.98. The van der Waals surface area contributed by atoms with E-state index in [0.717, 1.165) is 22.4 Å². The fraction of sp³-hybridized carbons (Fsp3) is 0.190. The molecule has 2 aromatic heterocycles. The Hall–Kier alpha value is -3.39. The first kappa shape index (κ1) is 17.4. The Morgan fingerprint density at radius 3 is 2.77 bits per heavy atom. The van der Waals surface area contributed by atoms with E-state index in [0.29, 0.717) is 5.56 Å². The lowest BCUT2D eigenvalue weighted by Crippen LogP contribution is -2.12. The van der Waals surface area contributed by atoms with Crippen LogP contribution < -0.4 is 5.32 Å². The number of oxazole rings is 1. The van der Waals surface area contributed by atoms with Crippen molar-refractivity contribution in [1.29, 1.82) is 0 Å². The van der Waals surface area contributed by atoms with Crippen LogP contribution in [0, 0.1) is 18.8 Å². The van der Waals surface area contributed by atoms with E-state index >= 15 is 0 Å². The number of amides is 1. The van der Waals surface area contributed by atoms with Crippen molar-refractivity contribution < 1.29 is 9.21 Å². The largest absolute Gasteiger partial charge is 0.432 e. The molecule has 5 heteroatoms. The van der Waals surface area contributed by atoms with Crippen molar-refractivity contribution in [2.45, 2.75) is 26.7 Å². The van der Waals surface area contributed by atoms with Crippen LogP contribution in [0.3, 0.4) is 0 Å². The number of carbonyl (C=O) groups is 1. The van der Waals surface area contributed by atoms with Crippen molar-refractivity contribution in [3.63, 3.8) is 0 Å². The molecule has 0 saturated carbocycles. The minimum Gasteiger partial charge on any atom is -0.432 e. The molecule has 1 amide bonds. The summed E-state index contributed by atoms with van der Waals surface area (Å²) in [4.78, 5) is 20.8. The first-order valence-corrected chi connectivity index (χ1v) is 8.32. The predicted octanol–water partition coefficient (Wildman–Crippen LogP) is 4.15. The zero-order valence-electron chi connectivity index (χ0n) is 14.9. The van der Waals surface area contributed by atoms with Crippen LogP contribution in [0.4, 0.5) is 6.01 Å². The molecule has 0 fully saturated rings. The Balaban J connectivity index is 1.80. The van der Waals surface area contributed by atoms with Gasteiger partial charge in [0.05, 0.1) is 5.69 Å². The van der Waals surface area contributed by atoms with Crippen LogP contribution in [0.1, 0.15) is 52.5 Å². The van der Waals surface area contributed by atoms with Gasteiger partial charge in [0.2, 0.25) is 0 Å². The number of benzene rings is 1. The van der Waals surface area contributed by atoms with Crippen LogP contribution in [0.5, 0.6) is 0 Å². The van der Waals surface area contributed by atoms with Crippen molar-refractivity contribution in [1.82, 2.24) is 9.97 Å². The summed E-state index contributed by atoms with van der Waals surface area (Å²) in [7, 11) is 0. The van der Waals surface area contributed by atoms with E-state index in [-0.39, 0.29) is 17.8 Å². The van der Waals surface area contributed by atoms with Gasteiger partial charge in [0, 0.05) is 29.1 Å². The third-order valence-electron chi connectivity index (χ3n) is 3.84. The van der Waals surface area contributed by atoms with E-state index in [4.69, 9.17) is 4.42 Å². The lowest BCUT2D eigenvalue weighted by atomic mass is 10.0. The zero-order chi connectivity index (χ0) is 18.5. The number of hydrogen-bond donors (Lipinski definition) is 1. The quantitative estimate of drug-likeness (QED) is 0.724. The Kier molecular flexibility index (Phi) is 5.14. The monoisotopic (exact) mass is 345 g/mol. The molecule has 130 valence electrons. The van der Waals surface area contributed by atoms with E-state index in [1.165, 1.54) is 0 Å². The lowest BCUT2D eigenvalue weighted by Gasteiger charge is -2.04. The molecule has 0 spiro atoms. The van der Waals surface area contributed by atoms with Crippen LogP contribution >= 0.6 is 0 Å². The third kappa shape index (κ3) is 4.17. The highest BCUT2D eigenvalue weighted by atomic mass is 16.4. The van der Waals surface area contributed by atoms with Crippen molar-refractivity contribution in [3.8, 4) is 11.8 Å². The summed E-state index contributed by atoms with van der Waals surface area (Å²) >= 11 is 0. The van der Waals surface area contributed by atoms with Gasteiger partial charge in [-0.05, 0) is 42.7 Å². The zero-order valence-corrected chi connectivity index (χ0v) is 14.9. The van der Waals surface area contributed by atoms with Gasteiger partial charge in [-0.2, -0.15) is 4.98 Å². The highest BCUT2D eigenvalue weighted by Crippen LogP contribution is 2.17. The third-order valence-corrected chi connectivity index (χ3v) is 3.84. The molecule has 0 bridgehead atoms. The Morgan fingerprint density at radius 2 is 2.08 bits per heavy atom. The number of nitrogens with zero attached hydrogens (tertiary/aromatic N) is 2. The van der Waals surface area contributed by atoms with Crippen molar-refractivity contribution >= 4 is 11.9 Å². The van der Waals surface area contributed by atoms with E-state index < -0.39 is 0 Å². The normalized spacial score (nSPS) is 10.3. The molecule has 2 heterocycles. The molecule has 26 heavy (non-hydrogen) atoms. The number of rotatable bonds is 3. The van der Waals surface area contributed by atoms with Gasteiger partial charge < -0.3 is 4.42 Å². The van der Waals surface area contributed by atoms with Crippen LogP contribution in [-0.2, 0) is 0 Å². The summed E-state index contributed by atoms with van der Waals surface area (Å²) in [5, 5.41) is 2.68. The van der Waals surface area contributed by atoms with Crippen molar-refractivity contribution in [2.75, 3.05) is 5.32 Å². The fourth-order valence-electron chi connectivity index (χ4n) is 2.25. The molecule has 0 saturated heterocycles. The first-order valence-electron chi connectivity index (χ1n) is 8.32. The average Bonchev–Trinajstić information content (AvgIpc) is 3.10. The van der Waals surface area contributed by atoms with Crippen LogP contribution in [0.25, 0.3) is 0 Å². The topological polar surface area (TPSA) is 68.0 Å². The molecule has 3 aromatic rings. The van der Waals surface area contributed by atoms with Gasteiger partial charge in [0.1, 0.15) is 6.26 Å². The van der Waals surface area contributed by atoms with Crippen LogP contribution in [0.2, 0.25) is 0 Å². The molecule has 1 N–H and O–H groups in total. The smallest absolute Gasteiger partial charge is 0.301 e. The molecule has 0 aliphatic heterocycles.